The number of benzene rings is 1. The van der Waals surface area contributed by atoms with Crippen molar-refractivity contribution in [1.82, 2.24) is 24.5 Å². The summed E-state index contributed by atoms with van der Waals surface area (Å²) in [7, 11) is 1.66. The maximum absolute atomic E-state index is 5.22. The number of fused-ring (bicyclic) bond motifs is 2. The maximum Gasteiger partial charge on any atom is 0.254 e. The van der Waals surface area contributed by atoms with Crippen molar-refractivity contribution in [2.75, 3.05) is 25.5 Å². The van der Waals surface area contributed by atoms with Crippen LogP contribution in [0.3, 0.4) is 0 Å². The number of anilines is 2. The van der Waals surface area contributed by atoms with Crippen molar-refractivity contribution in [2.45, 2.75) is 26.5 Å². The number of nitrogens with zero attached hydrogens (tertiary/aromatic N) is 5. The molecule has 25 heavy (non-hydrogen) atoms. The number of likely N-dealkylation sites (N-methyl/N-ethyl adjacent to an activating group) is 1. The number of rotatable bonds is 5. The molecular formula is C18H22N6O. The standard InChI is InChI=1S/C18H22N6O/c1-3-23-8-7-15-13(10-23)5-4-6-16(15)22-17-9-14(11-25-2)21-18-19-12-20-24(17)18/h4-6,9,12,22H,3,7-8,10-11H2,1-2H3. The van der Waals surface area contributed by atoms with Crippen molar-refractivity contribution in [3.8, 4) is 0 Å². The smallest absolute Gasteiger partial charge is 0.254 e. The average molecular weight is 338 g/mol. The van der Waals surface area contributed by atoms with E-state index in [2.05, 4.69) is 50.4 Å². The third-order valence-corrected chi connectivity index (χ3v) is 4.65. The SMILES string of the molecule is CCN1CCc2c(cccc2Nc2cc(COC)nc3ncnn23)C1. The molecule has 4 rings (SSSR count). The minimum Gasteiger partial charge on any atom is -0.378 e. The molecule has 0 spiro atoms. The first-order valence-electron chi connectivity index (χ1n) is 8.57. The topological polar surface area (TPSA) is 67.6 Å². The summed E-state index contributed by atoms with van der Waals surface area (Å²) in [5, 5.41) is 7.82. The first-order valence-corrected chi connectivity index (χ1v) is 8.57. The van der Waals surface area contributed by atoms with E-state index < -0.39 is 0 Å². The second-order valence-corrected chi connectivity index (χ2v) is 6.22. The predicted octanol–water partition coefficient (Wildman–Crippen LogP) is 2.39. The minimum atomic E-state index is 0.441. The summed E-state index contributed by atoms with van der Waals surface area (Å²) >= 11 is 0. The normalized spacial score (nSPS) is 14.6. The Balaban J connectivity index is 1.71. The molecule has 3 aromatic rings. The molecule has 1 aliphatic heterocycles. The maximum atomic E-state index is 5.22. The molecule has 7 heteroatoms. The third-order valence-electron chi connectivity index (χ3n) is 4.65. The fourth-order valence-corrected chi connectivity index (χ4v) is 3.37. The van der Waals surface area contributed by atoms with E-state index in [1.54, 1.807) is 11.6 Å². The Morgan fingerprint density at radius 1 is 1.32 bits per heavy atom. The van der Waals surface area contributed by atoms with Gasteiger partial charge in [0.2, 0.25) is 0 Å². The number of aromatic nitrogens is 4. The molecule has 0 bridgehead atoms. The van der Waals surface area contributed by atoms with Crippen LogP contribution >= 0.6 is 0 Å². The first-order chi connectivity index (χ1) is 12.3. The molecule has 7 nitrogen and oxygen atoms in total. The lowest BCUT2D eigenvalue weighted by Gasteiger charge is -2.29. The van der Waals surface area contributed by atoms with Gasteiger partial charge in [0.25, 0.3) is 5.78 Å². The summed E-state index contributed by atoms with van der Waals surface area (Å²) in [6.45, 7) is 5.83. The molecule has 0 unspecified atom stereocenters. The molecule has 0 saturated carbocycles. The number of ether oxygens (including phenoxy) is 1. The van der Waals surface area contributed by atoms with Gasteiger partial charge in [0.1, 0.15) is 12.1 Å². The highest BCUT2D eigenvalue weighted by Gasteiger charge is 2.18. The highest BCUT2D eigenvalue weighted by molar-refractivity contribution is 5.64. The number of nitrogens with one attached hydrogen (secondary N) is 1. The molecule has 0 radical (unpaired) electrons. The molecule has 0 saturated heterocycles. The second kappa shape index (κ2) is 6.78. The fourth-order valence-electron chi connectivity index (χ4n) is 3.37. The second-order valence-electron chi connectivity index (χ2n) is 6.22. The van der Waals surface area contributed by atoms with Crippen LogP contribution in [0.1, 0.15) is 23.7 Å². The molecule has 130 valence electrons. The van der Waals surface area contributed by atoms with E-state index in [1.165, 1.54) is 17.5 Å². The van der Waals surface area contributed by atoms with Gasteiger partial charge in [-0.25, -0.2) is 4.98 Å². The number of hydrogen-bond donors (Lipinski definition) is 1. The molecule has 2 aromatic heterocycles. The van der Waals surface area contributed by atoms with E-state index in [4.69, 9.17) is 4.74 Å². The van der Waals surface area contributed by atoms with E-state index in [0.29, 0.717) is 12.4 Å². The van der Waals surface area contributed by atoms with Gasteiger partial charge >= 0.3 is 0 Å². The van der Waals surface area contributed by atoms with E-state index in [0.717, 1.165) is 43.3 Å². The Hall–Kier alpha value is -2.51. The van der Waals surface area contributed by atoms with Crippen LogP contribution in [0.5, 0.6) is 0 Å². The lowest BCUT2D eigenvalue weighted by molar-refractivity contribution is 0.181. The van der Waals surface area contributed by atoms with Crippen LogP contribution in [-0.4, -0.2) is 44.7 Å². The van der Waals surface area contributed by atoms with Gasteiger partial charge in [-0.2, -0.15) is 14.6 Å². The van der Waals surface area contributed by atoms with Crippen LogP contribution < -0.4 is 5.32 Å². The van der Waals surface area contributed by atoms with Crippen molar-refractivity contribution >= 4 is 17.3 Å². The molecule has 3 heterocycles. The summed E-state index contributed by atoms with van der Waals surface area (Å²) in [6.07, 6.45) is 2.56. The van der Waals surface area contributed by atoms with Crippen LogP contribution in [0.4, 0.5) is 11.5 Å². The van der Waals surface area contributed by atoms with Crippen molar-refractivity contribution < 1.29 is 4.74 Å². The molecule has 1 N–H and O–H groups in total. The molecule has 1 aliphatic rings. The van der Waals surface area contributed by atoms with Crippen LogP contribution in [0.2, 0.25) is 0 Å². The van der Waals surface area contributed by atoms with E-state index in [1.807, 2.05) is 6.07 Å². The molecular weight excluding hydrogens is 316 g/mol. The lowest BCUT2D eigenvalue weighted by atomic mass is 9.97. The fraction of sp³-hybridized carbons (Fsp3) is 0.389. The van der Waals surface area contributed by atoms with Crippen LogP contribution in [0.15, 0.2) is 30.6 Å². The van der Waals surface area contributed by atoms with Gasteiger partial charge in [0.15, 0.2) is 0 Å². The van der Waals surface area contributed by atoms with Crippen molar-refractivity contribution in [3.05, 3.63) is 47.4 Å². The monoisotopic (exact) mass is 338 g/mol. The first kappa shape index (κ1) is 16.0. The van der Waals surface area contributed by atoms with Crippen molar-refractivity contribution in [1.29, 1.82) is 0 Å². The molecule has 0 aliphatic carbocycles. The average Bonchev–Trinajstić information content (AvgIpc) is 3.10. The largest absolute Gasteiger partial charge is 0.378 e. The Morgan fingerprint density at radius 3 is 3.08 bits per heavy atom. The van der Waals surface area contributed by atoms with E-state index in [-0.39, 0.29) is 0 Å². The molecule has 0 fully saturated rings. The summed E-state index contributed by atoms with van der Waals surface area (Å²) in [5.74, 6) is 1.42. The highest BCUT2D eigenvalue weighted by Crippen LogP contribution is 2.28. The van der Waals surface area contributed by atoms with Crippen molar-refractivity contribution in [3.63, 3.8) is 0 Å². The van der Waals surface area contributed by atoms with Crippen LogP contribution in [-0.2, 0) is 24.3 Å². The van der Waals surface area contributed by atoms with Gasteiger partial charge in [-0.1, -0.05) is 19.1 Å². The van der Waals surface area contributed by atoms with Gasteiger partial charge in [0, 0.05) is 32.0 Å². The predicted molar refractivity (Wildman–Crippen MR) is 95.9 cm³/mol. The van der Waals surface area contributed by atoms with E-state index in [9.17, 15) is 0 Å². The zero-order valence-electron chi connectivity index (χ0n) is 14.6. The van der Waals surface area contributed by atoms with Gasteiger partial charge in [0.05, 0.1) is 12.3 Å². The summed E-state index contributed by atoms with van der Waals surface area (Å²) < 4.78 is 6.94. The van der Waals surface area contributed by atoms with E-state index >= 15 is 0 Å². The molecule has 0 atom stereocenters. The Bertz CT molecular complexity index is 890. The molecule has 0 amide bonds. The summed E-state index contributed by atoms with van der Waals surface area (Å²) in [4.78, 5) is 11.1. The van der Waals surface area contributed by atoms with Crippen LogP contribution in [0.25, 0.3) is 5.78 Å². The highest BCUT2D eigenvalue weighted by atomic mass is 16.5. The van der Waals surface area contributed by atoms with Gasteiger partial charge in [-0.3, -0.25) is 4.90 Å². The minimum absolute atomic E-state index is 0.441. The summed E-state index contributed by atoms with van der Waals surface area (Å²) in [6, 6.07) is 8.41. The van der Waals surface area contributed by atoms with Gasteiger partial charge < -0.3 is 10.1 Å². The number of hydrogen-bond acceptors (Lipinski definition) is 6. The Kier molecular flexibility index (Phi) is 4.33. The zero-order valence-corrected chi connectivity index (χ0v) is 14.6. The Morgan fingerprint density at radius 2 is 2.24 bits per heavy atom. The quantitative estimate of drug-likeness (QED) is 0.770. The number of methoxy groups -OCH3 is 1. The van der Waals surface area contributed by atoms with Gasteiger partial charge in [-0.15, -0.1) is 0 Å². The molecule has 1 aromatic carbocycles. The van der Waals surface area contributed by atoms with Gasteiger partial charge in [-0.05, 0) is 30.2 Å². The lowest BCUT2D eigenvalue weighted by Crippen LogP contribution is -2.30. The van der Waals surface area contributed by atoms with Crippen LogP contribution in [0, 0.1) is 0 Å². The Labute approximate surface area is 146 Å². The van der Waals surface area contributed by atoms with Crippen molar-refractivity contribution in [2.24, 2.45) is 0 Å². The third kappa shape index (κ3) is 3.08. The zero-order chi connectivity index (χ0) is 17.2. The summed E-state index contributed by atoms with van der Waals surface area (Å²) in [5.41, 5.74) is 4.72.